The molecule has 0 bridgehead atoms. The maximum atomic E-state index is 13.5. The van der Waals surface area contributed by atoms with Crippen LogP contribution in [0.1, 0.15) is 41.6 Å². The highest BCUT2D eigenvalue weighted by Crippen LogP contribution is 2.45. The fraction of sp³-hybridized carbons (Fsp3) is 0.417. The van der Waals surface area contributed by atoms with Gasteiger partial charge in [-0.1, -0.05) is 42.3 Å². The molecule has 1 N–H and O–H groups in total. The van der Waals surface area contributed by atoms with E-state index >= 15 is 0 Å². The summed E-state index contributed by atoms with van der Waals surface area (Å²) in [5.41, 5.74) is 4.98. The highest BCUT2D eigenvalue weighted by Gasteiger charge is 2.33. The number of hydrogen-bond donors (Lipinski definition) is 1. The number of ketones is 1. The second-order valence-electron chi connectivity index (χ2n) is 8.56. The summed E-state index contributed by atoms with van der Waals surface area (Å²) in [4.78, 5) is 18.1. The predicted octanol–water partition coefficient (Wildman–Crippen LogP) is 4.39. The van der Waals surface area contributed by atoms with Crippen LogP contribution >= 0.6 is 0 Å². The monoisotopic (exact) mass is 404 g/mol. The van der Waals surface area contributed by atoms with E-state index < -0.39 is 0 Å². The van der Waals surface area contributed by atoms with E-state index in [4.69, 9.17) is 4.52 Å². The van der Waals surface area contributed by atoms with Gasteiger partial charge in [-0.05, 0) is 33.0 Å². The molecular formula is C24H28N4O2. The Hall–Kier alpha value is -2.86. The molecule has 156 valence electrons. The van der Waals surface area contributed by atoms with E-state index in [1.807, 2.05) is 24.3 Å². The minimum Gasteiger partial charge on any atom is -0.383 e. The summed E-state index contributed by atoms with van der Waals surface area (Å²) >= 11 is 0. The van der Waals surface area contributed by atoms with Crippen LogP contribution in [0.25, 0.3) is 22.2 Å². The van der Waals surface area contributed by atoms with Crippen molar-refractivity contribution in [3.63, 3.8) is 0 Å². The molecule has 6 nitrogen and oxygen atoms in total. The van der Waals surface area contributed by atoms with Gasteiger partial charge in [0, 0.05) is 43.0 Å². The number of likely N-dealkylation sites (N-methyl/N-ethyl adjacent to an activating group) is 1. The van der Waals surface area contributed by atoms with E-state index in [9.17, 15) is 4.79 Å². The fourth-order valence-corrected chi connectivity index (χ4v) is 4.65. The third-order valence-corrected chi connectivity index (χ3v) is 6.20. The smallest absolute Gasteiger partial charge is 0.196 e. The fourth-order valence-electron chi connectivity index (χ4n) is 4.65. The number of carbonyl (C=O) groups is 1. The lowest BCUT2D eigenvalue weighted by Gasteiger charge is -2.26. The van der Waals surface area contributed by atoms with Crippen molar-refractivity contribution < 1.29 is 9.32 Å². The Kier molecular flexibility index (Phi) is 4.95. The molecule has 1 aliphatic heterocycles. The molecule has 0 atom stereocenters. The second-order valence-corrected chi connectivity index (χ2v) is 8.56. The highest BCUT2D eigenvalue weighted by atomic mass is 16.5. The zero-order chi connectivity index (χ0) is 20.7. The van der Waals surface area contributed by atoms with Crippen LogP contribution in [0.15, 0.2) is 34.9 Å². The van der Waals surface area contributed by atoms with Gasteiger partial charge >= 0.3 is 0 Å². The normalized spacial score (nSPS) is 16.1. The molecule has 0 spiro atoms. The maximum Gasteiger partial charge on any atom is 0.196 e. The van der Waals surface area contributed by atoms with Crippen LogP contribution in [0.3, 0.4) is 0 Å². The first-order valence-corrected chi connectivity index (χ1v) is 10.9. The van der Waals surface area contributed by atoms with Crippen LogP contribution in [0.5, 0.6) is 0 Å². The molecule has 0 amide bonds. The van der Waals surface area contributed by atoms with E-state index in [-0.39, 0.29) is 5.78 Å². The molecule has 0 saturated carbocycles. The molecule has 6 heteroatoms. The first-order chi connectivity index (χ1) is 14.6. The van der Waals surface area contributed by atoms with Crippen LogP contribution in [0.4, 0.5) is 11.4 Å². The van der Waals surface area contributed by atoms with Gasteiger partial charge in [-0.25, -0.2) is 0 Å². The topological polar surface area (TPSA) is 61.6 Å². The number of nitrogens with one attached hydrogen (secondary N) is 1. The van der Waals surface area contributed by atoms with Gasteiger partial charge in [0.15, 0.2) is 11.5 Å². The van der Waals surface area contributed by atoms with Crippen molar-refractivity contribution in [1.82, 2.24) is 10.1 Å². The Balaban J connectivity index is 1.70. The summed E-state index contributed by atoms with van der Waals surface area (Å²) < 4.78 is 5.87. The Morgan fingerprint density at radius 3 is 2.57 bits per heavy atom. The van der Waals surface area contributed by atoms with Gasteiger partial charge in [0.25, 0.3) is 0 Å². The van der Waals surface area contributed by atoms with Crippen molar-refractivity contribution in [2.75, 3.05) is 50.5 Å². The van der Waals surface area contributed by atoms with Crippen molar-refractivity contribution >= 4 is 28.1 Å². The van der Waals surface area contributed by atoms with Crippen LogP contribution in [0, 0.1) is 0 Å². The zero-order valence-electron chi connectivity index (χ0n) is 17.7. The molecule has 2 aliphatic rings. The number of fused-ring (bicyclic) bond motifs is 2. The van der Waals surface area contributed by atoms with E-state index in [1.54, 1.807) is 0 Å². The third kappa shape index (κ3) is 3.16. The number of benzene rings is 2. The van der Waals surface area contributed by atoms with Crippen molar-refractivity contribution in [1.29, 1.82) is 0 Å². The molecule has 2 heterocycles. The highest BCUT2D eigenvalue weighted by molar-refractivity contribution is 6.28. The van der Waals surface area contributed by atoms with Crippen molar-refractivity contribution in [2.45, 2.75) is 25.7 Å². The first-order valence-electron chi connectivity index (χ1n) is 10.9. The molecule has 2 aromatic carbocycles. The lowest BCUT2D eigenvalue weighted by Crippen LogP contribution is -2.26. The van der Waals surface area contributed by atoms with E-state index in [2.05, 4.69) is 40.4 Å². The second kappa shape index (κ2) is 7.76. The Labute approximate surface area is 176 Å². The Morgan fingerprint density at radius 1 is 1.10 bits per heavy atom. The molecule has 1 fully saturated rings. The first kappa shape index (κ1) is 19.1. The summed E-state index contributed by atoms with van der Waals surface area (Å²) in [6.45, 7) is 3.68. The predicted molar refractivity (Wildman–Crippen MR) is 121 cm³/mol. The number of aromatic nitrogens is 1. The quantitative estimate of drug-likeness (QED) is 0.532. The van der Waals surface area contributed by atoms with Gasteiger partial charge in [0.1, 0.15) is 5.52 Å². The van der Waals surface area contributed by atoms with E-state index in [1.165, 1.54) is 25.7 Å². The lowest BCUT2D eigenvalue weighted by atomic mass is 9.86. The summed E-state index contributed by atoms with van der Waals surface area (Å²) in [5.74, 6) is 0.753. The number of hydrogen-bond acceptors (Lipinski definition) is 6. The summed E-state index contributed by atoms with van der Waals surface area (Å²) in [7, 11) is 4.11. The number of rotatable bonds is 5. The Morgan fingerprint density at radius 2 is 1.83 bits per heavy atom. The summed E-state index contributed by atoms with van der Waals surface area (Å²) in [5, 5.41) is 8.86. The van der Waals surface area contributed by atoms with Crippen molar-refractivity contribution in [3.8, 4) is 11.3 Å². The zero-order valence-corrected chi connectivity index (χ0v) is 17.7. The number of carbonyl (C=O) groups excluding carboxylic acids is 1. The average Bonchev–Trinajstić information content (AvgIpc) is 3.00. The molecule has 3 aromatic rings. The summed E-state index contributed by atoms with van der Waals surface area (Å²) in [6.07, 6.45) is 4.89. The number of nitrogens with zero attached hydrogens (tertiary/aromatic N) is 3. The van der Waals surface area contributed by atoms with Crippen LogP contribution < -0.4 is 10.2 Å². The molecule has 1 saturated heterocycles. The van der Waals surface area contributed by atoms with Gasteiger partial charge < -0.3 is 19.6 Å². The lowest BCUT2D eigenvalue weighted by molar-refractivity contribution is 0.104. The maximum absolute atomic E-state index is 13.5. The SMILES string of the molecule is CN(C)CCNc1cc(N2CCCCCC2)c2noc3c2c1C(=O)c1ccccc1-3. The summed E-state index contributed by atoms with van der Waals surface area (Å²) in [6, 6.07) is 9.80. The van der Waals surface area contributed by atoms with Crippen molar-refractivity contribution in [3.05, 3.63) is 41.5 Å². The molecule has 1 aliphatic carbocycles. The van der Waals surface area contributed by atoms with Crippen LogP contribution in [0.2, 0.25) is 0 Å². The van der Waals surface area contributed by atoms with Gasteiger partial charge in [-0.15, -0.1) is 0 Å². The molecular weight excluding hydrogens is 376 g/mol. The average molecular weight is 405 g/mol. The molecule has 0 radical (unpaired) electrons. The van der Waals surface area contributed by atoms with Crippen LogP contribution in [-0.2, 0) is 0 Å². The molecule has 0 unspecified atom stereocenters. The minimum atomic E-state index is 0.0427. The molecule has 1 aromatic heterocycles. The molecule has 30 heavy (non-hydrogen) atoms. The van der Waals surface area contributed by atoms with E-state index in [0.29, 0.717) is 16.9 Å². The third-order valence-electron chi connectivity index (χ3n) is 6.20. The van der Waals surface area contributed by atoms with Crippen LogP contribution in [-0.4, -0.2) is 56.1 Å². The van der Waals surface area contributed by atoms with Gasteiger partial charge in [0.05, 0.1) is 16.6 Å². The van der Waals surface area contributed by atoms with E-state index in [0.717, 1.165) is 54.0 Å². The Bertz CT molecular complexity index is 1090. The largest absolute Gasteiger partial charge is 0.383 e. The number of anilines is 2. The van der Waals surface area contributed by atoms with Gasteiger partial charge in [0.2, 0.25) is 0 Å². The van der Waals surface area contributed by atoms with Crippen molar-refractivity contribution in [2.24, 2.45) is 0 Å². The van der Waals surface area contributed by atoms with Gasteiger partial charge in [-0.3, -0.25) is 4.79 Å². The molecule has 5 rings (SSSR count). The minimum absolute atomic E-state index is 0.0427. The van der Waals surface area contributed by atoms with Gasteiger partial charge in [-0.2, -0.15) is 0 Å². The standard InChI is InChI=1S/C24H28N4O2/c1-27(2)14-11-25-18-15-19(28-12-7-3-4-8-13-28)22-21-20(18)23(29)16-9-5-6-10-17(16)24(21)30-26-22/h5-6,9-10,15,25H,3-4,7-8,11-14H2,1-2H3.